The van der Waals surface area contributed by atoms with Crippen molar-refractivity contribution in [1.29, 1.82) is 0 Å². The highest BCUT2D eigenvalue weighted by Crippen LogP contribution is 2.37. The standard InChI is InChI=1S/C13H23N3O2/c1-2-17-13(8-5-3-4-6-9-13)12-15-11(7-10-14)18-16-12/h2-10,14H2,1H3. The predicted octanol–water partition coefficient (Wildman–Crippen LogP) is 2.16. The summed E-state index contributed by atoms with van der Waals surface area (Å²) >= 11 is 0. The lowest BCUT2D eigenvalue weighted by Crippen LogP contribution is -2.30. The van der Waals surface area contributed by atoms with Gasteiger partial charge in [0.05, 0.1) is 0 Å². The Bertz CT molecular complexity index is 357. The van der Waals surface area contributed by atoms with Gasteiger partial charge in [0.25, 0.3) is 0 Å². The van der Waals surface area contributed by atoms with E-state index >= 15 is 0 Å². The van der Waals surface area contributed by atoms with Crippen LogP contribution in [-0.2, 0) is 16.8 Å². The molecule has 0 spiro atoms. The average Bonchev–Trinajstić information content (AvgIpc) is 2.70. The number of nitrogens with zero attached hydrogens (tertiary/aromatic N) is 2. The Hall–Kier alpha value is -0.940. The molecule has 0 saturated heterocycles. The molecule has 0 unspecified atom stereocenters. The highest BCUT2D eigenvalue weighted by atomic mass is 16.5. The first-order chi connectivity index (χ1) is 8.80. The number of nitrogens with two attached hydrogens (primary N) is 1. The van der Waals surface area contributed by atoms with Crippen molar-refractivity contribution >= 4 is 0 Å². The van der Waals surface area contributed by atoms with Crippen LogP contribution in [0.4, 0.5) is 0 Å². The van der Waals surface area contributed by atoms with Crippen LogP contribution in [0.2, 0.25) is 0 Å². The lowest BCUT2D eigenvalue weighted by atomic mass is 9.93. The zero-order valence-corrected chi connectivity index (χ0v) is 11.2. The molecule has 0 amide bonds. The van der Waals surface area contributed by atoms with Crippen molar-refractivity contribution in [3.05, 3.63) is 11.7 Å². The van der Waals surface area contributed by atoms with E-state index in [1.54, 1.807) is 0 Å². The van der Waals surface area contributed by atoms with Gasteiger partial charge in [0.15, 0.2) is 0 Å². The van der Waals surface area contributed by atoms with Gasteiger partial charge in [0, 0.05) is 19.6 Å². The summed E-state index contributed by atoms with van der Waals surface area (Å²) in [5, 5.41) is 4.12. The number of rotatable bonds is 5. The molecule has 1 aliphatic carbocycles. The monoisotopic (exact) mass is 253 g/mol. The highest BCUT2D eigenvalue weighted by Gasteiger charge is 2.38. The van der Waals surface area contributed by atoms with Crippen LogP contribution in [0.5, 0.6) is 0 Å². The quantitative estimate of drug-likeness (QED) is 0.814. The van der Waals surface area contributed by atoms with E-state index in [0.29, 0.717) is 25.5 Å². The molecule has 18 heavy (non-hydrogen) atoms. The number of ether oxygens (including phenoxy) is 1. The normalized spacial score (nSPS) is 19.7. The summed E-state index contributed by atoms with van der Waals surface area (Å²) in [6.07, 6.45) is 7.48. The van der Waals surface area contributed by atoms with Gasteiger partial charge in [-0.25, -0.2) is 0 Å². The molecule has 1 fully saturated rings. The maximum Gasteiger partial charge on any atom is 0.228 e. The molecular weight excluding hydrogens is 230 g/mol. The predicted molar refractivity (Wildman–Crippen MR) is 68.1 cm³/mol. The van der Waals surface area contributed by atoms with E-state index in [9.17, 15) is 0 Å². The van der Waals surface area contributed by atoms with Crippen molar-refractivity contribution in [3.8, 4) is 0 Å². The second kappa shape index (κ2) is 6.29. The maximum absolute atomic E-state index is 6.01. The van der Waals surface area contributed by atoms with Crippen molar-refractivity contribution < 1.29 is 9.26 Å². The van der Waals surface area contributed by atoms with E-state index in [0.717, 1.165) is 18.7 Å². The fourth-order valence-electron chi connectivity index (χ4n) is 2.67. The Morgan fingerprint density at radius 1 is 1.28 bits per heavy atom. The third-order valence-electron chi connectivity index (χ3n) is 3.57. The van der Waals surface area contributed by atoms with E-state index < -0.39 is 0 Å². The van der Waals surface area contributed by atoms with Gasteiger partial charge in [-0.2, -0.15) is 4.98 Å². The molecular formula is C13H23N3O2. The van der Waals surface area contributed by atoms with Crippen molar-refractivity contribution in [3.63, 3.8) is 0 Å². The summed E-state index contributed by atoms with van der Waals surface area (Å²) in [7, 11) is 0. The van der Waals surface area contributed by atoms with E-state index in [4.69, 9.17) is 15.0 Å². The van der Waals surface area contributed by atoms with Crippen LogP contribution >= 0.6 is 0 Å². The highest BCUT2D eigenvalue weighted by molar-refractivity contribution is 5.03. The number of hydrogen-bond donors (Lipinski definition) is 1. The van der Waals surface area contributed by atoms with Crippen molar-refractivity contribution in [2.24, 2.45) is 5.73 Å². The topological polar surface area (TPSA) is 74.2 Å². The Morgan fingerprint density at radius 3 is 2.61 bits per heavy atom. The second-order valence-electron chi connectivity index (χ2n) is 4.89. The molecule has 1 aromatic heterocycles. The molecule has 1 aliphatic rings. The molecule has 5 nitrogen and oxygen atoms in total. The minimum Gasteiger partial charge on any atom is -0.367 e. The summed E-state index contributed by atoms with van der Waals surface area (Å²) in [6, 6.07) is 0. The molecule has 0 bridgehead atoms. The summed E-state index contributed by atoms with van der Waals surface area (Å²) in [6.45, 7) is 3.23. The van der Waals surface area contributed by atoms with E-state index in [-0.39, 0.29) is 5.60 Å². The van der Waals surface area contributed by atoms with Gasteiger partial charge in [-0.15, -0.1) is 0 Å². The molecule has 0 aromatic carbocycles. The van der Waals surface area contributed by atoms with E-state index in [1.165, 1.54) is 25.7 Å². The second-order valence-corrected chi connectivity index (χ2v) is 4.89. The van der Waals surface area contributed by atoms with Gasteiger partial charge in [-0.1, -0.05) is 30.8 Å². The lowest BCUT2D eigenvalue weighted by molar-refractivity contribution is -0.0636. The summed E-state index contributed by atoms with van der Waals surface area (Å²) < 4.78 is 11.3. The summed E-state index contributed by atoms with van der Waals surface area (Å²) in [5.41, 5.74) is 5.17. The Labute approximate surface area is 108 Å². The zero-order valence-electron chi connectivity index (χ0n) is 11.2. The largest absolute Gasteiger partial charge is 0.367 e. The number of hydrogen-bond acceptors (Lipinski definition) is 5. The third kappa shape index (κ3) is 2.90. The molecule has 0 atom stereocenters. The van der Waals surface area contributed by atoms with Gasteiger partial charge in [-0.05, 0) is 19.8 Å². The average molecular weight is 253 g/mol. The van der Waals surface area contributed by atoms with Gasteiger partial charge in [-0.3, -0.25) is 0 Å². The minimum absolute atomic E-state index is 0.332. The third-order valence-corrected chi connectivity index (χ3v) is 3.57. The van der Waals surface area contributed by atoms with Crippen LogP contribution in [0.25, 0.3) is 0 Å². The fourth-order valence-corrected chi connectivity index (χ4v) is 2.67. The number of aromatic nitrogens is 2. The van der Waals surface area contributed by atoms with Gasteiger partial charge >= 0.3 is 0 Å². The molecule has 0 radical (unpaired) electrons. The minimum atomic E-state index is -0.332. The molecule has 102 valence electrons. The van der Waals surface area contributed by atoms with Crippen molar-refractivity contribution in [1.82, 2.24) is 10.1 Å². The molecule has 2 rings (SSSR count). The molecule has 1 saturated carbocycles. The van der Waals surface area contributed by atoms with Crippen molar-refractivity contribution in [2.45, 2.75) is 57.5 Å². The maximum atomic E-state index is 6.01. The van der Waals surface area contributed by atoms with Crippen LogP contribution in [0, 0.1) is 0 Å². The Morgan fingerprint density at radius 2 is 2.00 bits per heavy atom. The molecule has 1 heterocycles. The van der Waals surface area contributed by atoms with Gasteiger partial charge in [0.1, 0.15) is 5.60 Å². The Balaban J connectivity index is 2.20. The SMILES string of the molecule is CCOC1(c2noc(CCN)n2)CCCCCC1. The van der Waals surface area contributed by atoms with E-state index in [2.05, 4.69) is 10.1 Å². The molecule has 2 N–H and O–H groups in total. The van der Waals surface area contributed by atoms with Crippen LogP contribution in [0.15, 0.2) is 4.52 Å². The first-order valence-corrected chi connectivity index (χ1v) is 6.98. The van der Waals surface area contributed by atoms with E-state index in [1.807, 2.05) is 6.92 Å². The van der Waals surface area contributed by atoms with Crippen LogP contribution in [0.1, 0.15) is 57.2 Å². The van der Waals surface area contributed by atoms with Crippen LogP contribution < -0.4 is 5.73 Å². The summed E-state index contributed by atoms with van der Waals surface area (Å²) in [5.74, 6) is 1.34. The summed E-state index contributed by atoms with van der Waals surface area (Å²) in [4.78, 5) is 4.47. The first-order valence-electron chi connectivity index (χ1n) is 6.98. The fraction of sp³-hybridized carbons (Fsp3) is 0.846. The van der Waals surface area contributed by atoms with Gasteiger partial charge in [0.2, 0.25) is 11.7 Å². The van der Waals surface area contributed by atoms with Crippen LogP contribution in [-0.4, -0.2) is 23.3 Å². The first kappa shape index (κ1) is 13.5. The van der Waals surface area contributed by atoms with Crippen molar-refractivity contribution in [2.75, 3.05) is 13.2 Å². The molecule has 0 aliphatic heterocycles. The lowest BCUT2D eigenvalue weighted by Gasteiger charge is -2.29. The van der Waals surface area contributed by atoms with Gasteiger partial charge < -0.3 is 15.0 Å². The van der Waals surface area contributed by atoms with Crippen LogP contribution in [0.3, 0.4) is 0 Å². The molecule has 5 heteroatoms. The smallest absolute Gasteiger partial charge is 0.228 e. The Kier molecular flexibility index (Phi) is 4.72. The zero-order chi connectivity index (χ0) is 12.8. The molecule has 1 aromatic rings.